The normalized spacial score (nSPS) is 20.7. The monoisotopic (exact) mass is 607 g/mol. The van der Waals surface area contributed by atoms with E-state index >= 15 is 0 Å². The van der Waals surface area contributed by atoms with Gasteiger partial charge in [-0.25, -0.2) is 4.79 Å². The molecule has 0 saturated heterocycles. The minimum atomic E-state index is -1.07. The predicted molar refractivity (Wildman–Crippen MR) is 164 cm³/mol. The molecular formula is C31H46ClN3O7. The lowest BCUT2D eigenvalue weighted by atomic mass is 9.86. The highest BCUT2D eigenvalue weighted by molar-refractivity contribution is 6.29. The zero-order chi connectivity index (χ0) is 31.9. The summed E-state index contributed by atoms with van der Waals surface area (Å²) in [5, 5.41) is 16.0. The van der Waals surface area contributed by atoms with Gasteiger partial charge in [-0.3, -0.25) is 9.59 Å². The maximum Gasteiger partial charge on any atom is 0.404 e. The molecule has 5 atom stereocenters. The Bertz CT molecular complexity index is 1100. The lowest BCUT2D eigenvalue weighted by Gasteiger charge is -2.29. The van der Waals surface area contributed by atoms with Crippen LogP contribution in [0.15, 0.2) is 71.2 Å². The molecule has 42 heavy (non-hydrogen) atoms. The predicted octanol–water partition coefficient (Wildman–Crippen LogP) is 4.87. The van der Waals surface area contributed by atoms with E-state index in [9.17, 15) is 19.5 Å². The summed E-state index contributed by atoms with van der Waals surface area (Å²) >= 11 is 5.84. The van der Waals surface area contributed by atoms with Gasteiger partial charge in [-0.1, -0.05) is 81.3 Å². The fourth-order valence-corrected chi connectivity index (χ4v) is 4.12. The summed E-state index contributed by atoms with van der Waals surface area (Å²) in [4.78, 5) is 36.6. The number of ether oxygens (including phenoxy) is 3. The number of carbonyl (C=O) groups is 3. The number of aliphatic hydroxyl groups excluding tert-OH is 1. The van der Waals surface area contributed by atoms with Crippen LogP contribution in [0.25, 0.3) is 0 Å². The summed E-state index contributed by atoms with van der Waals surface area (Å²) in [7, 11) is 1.49. The van der Waals surface area contributed by atoms with Crippen LogP contribution in [-0.4, -0.2) is 54.7 Å². The number of amides is 3. The number of rotatable bonds is 14. The number of nitrogens with two attached hydrogens (primary N) is 1. The lowest BCUT2D eigenvalue weighted by molar-refractivity contribution is -0.150. The molecule has 0 aromatic rings. The molecule has 1 aliphatic heterocycles. The van der Waals surface area contributed by atoms with Crippen molar-refractivity contribution in [2.75, 3.05) is 7.11 Å². The number of methoxy groups -OCH3 is 1. The summed E-state index contributed by atoms with van der Waals surface area (Å²) in [5.41, 5.74) is 5.52. The molecule has 0 aromatic heterocycles. The van der Waals surface area contributed by atoms with Crippen molar-refractivity contribution in [1.82, 2.24) is 10.6 Å². The van der Waals surface area contributed by atoms with Gasteiger partial charge in [0.2, 0.25) is 18.1 Å². The zero-order valence-electron chi connectivity index (χ0n) is 25.6. The molecule has 5 N–H and O–H groups in total. The van der Waals surface area contributed by atoms with Crippen LogP contribution in [0.1, 0.15) is 60.8 Å². The molecule has 0 radical (unpaired) electrons. The van der Waals surface area contributed by atoms with Crippen LogP contribution >= 0.6 is 11.6 Å². The van der Waals surface area contributed by atoms with Crippen molar-refractivity contribution >= 4 is 29.5 Å². The van der Waals surface area contributed by atoms with E-state index < -0.39 is 41.8 Å². The van der Waals surface area contributed by atoms with E-state index in [4.69, 9.17) is 31.5 Å². The van der Waals surface area contributed by atoms with Crippen molar-refractivity contribution in [3.05, 3.63) is 71.2 Å². The number of hydrogen-bond acceptors (Lipinski definition) is 7. The Balaban J connectivity index is 2.70. The van der Waals surface area contributed by atoms with Gasteiger partial charge in [-0.15, -0.1) is 0 Å². The molecule has 0 aliphatic carbocycles. The molecule has 1 heterocycles. The van der Waals surface area contributed by atoms with Crippen molar-refractivity contribution < 1.29 is 33.7 Å². The highest BCUT2D eigenvalue weighted by Gasteiger charge is 2.32. The molecule has 0 bridgehead atoms. The minimum Gasteiger partial charge on any atom is -0.496 e. The van der Waals surface area contributed by atoms with E-state index in [1.807, 2.05) is 52.8 Å². The molecule has 234 valence electrons. The Morgan fingerprint density at radius 3 is 2.45 bits per heavy atom. The molecule has 11 heteroatoms. The SMILES string of the molecule is COC1=CC[C@@H]([C@@H](C)/C=C(C)/C=C\C=C/C(=O)NC(C(=O)N/C=C\C[C@H](C/C=C(\C)Cl)OC(N)=O)C(C)(C)C)O[C@H]1O. The van der Waals surface area contributed by atoms with E-state index in [2.05, 4.69) is 10.6 Å². The first-order chi connectivity index (χ1) is 19.6. The van der Waals surface area contributed by atoms with E-state index in [-0.39, 0.29) is 12.0 Å². The first-order valence-electron chi connectivity index (χ1n) is 13.8. The van der Waals surface area contributed by atoms with Gasteiger partial charge < -0.3 is 35.7 Å². The summed E-state index contributed by atoms with van der Waals surface area (Å²) in [6.07, 6.45) is 13.8. The Labute approximate surface area is 254 Å². The fourth-order valence-electron chi connectivity index (χ4n) is 4.03. The van der Waals surface area contributed by atoms with Crippen molar-refractivity contribution in [1.29, 1.82) is 0 Å². The molecule has 0 saturated carbocycles. The molecule has 0 fully saturated rings. The standard InChI is InChI=1S/C31H46ClN3O7/c1-20(19-21(2)24-16-17-25(40-7)29(38)42-24)11-8-9-13-26(36)35-27(31(4,5)6)28(37)34-18-10-12-23(41-30(33)39)15-14-22(3)32/h8-11,13-14,17-19,21,23-24,27,29,38H,12,15-16H2,1-7H3,(H2,33,39)(H,34,37)(H,35,36)/b11-8-,13-9-,18-10-,20-19+,22-14+/t21-,23+,24-,27?,29+/m0/s1. The Hall–Kier alpha value is -3.34. The van der Waals surface area contributed by atoms with Crippen LogP contribution < -0.4 is 16.4 Å². The van der Waals surface area contributed by atoms with Gasteiger partial charge in [0.25, 0.3) is 0 Å². The van der Waals surface area contributed by atoms with E-state index in [0.717, 1.165) is 5.57 Å². The van der Waals surface area contributed by atoms with Gasteiger partial charge in [-0.05, 0) is 38.0 Å². The van der Waals surface area contributed by atoms with Gasteiger partial charge in [0.05, 0.1) is 13.2 Å². The maximum atomic E-state index is 12.9. The summed E-state index contributed by atoms with van der Waals surface area (Å²) in [6, 6.07) is -0.816. The number of primary amides is 1. The van der Waals surface area contributed by atoms with Crippen molar-refractivity contribution in [2.24, 2.45) is 17.1 Å². The van der Waals surface area contributed by atoms with E-state index in [0.29, 0.717) is 30.1 Å². The van der Waals surface area contributed by atoms with Crippen LogP contribution in [-0.2, 0) is 23.8 Å². The zero-order valence-corrected chi connectivity index (χ0v) is 26.3. The second-order valence-corrected chi connectivity index (χ2v) is 11.7. The molecule has 10 nitrogen and oxygen atoms in total. The third kappa shape index (κ3) is 14.5. The van der Waals surface area contributed by atoms with Crippen molar-refractivity contribution in [2.45, 2.75) is 85.3 Å². The number of allylic oxidation sites excluding steroid dienone is 5. The summed E-state index contributed by atoms with van der Waals surface area (Å²) in [5.74, 6) is -0.357. The molecule has 0 aromatic carbocycles. The first kappa shape index (κ1) is 36.7. The molecule has 1 rings (SSSR count). The maximum absolute atomic E-state index is 12.9. The third-order valence-electron chi connectivity index (χ3n) is 6.27. The molecule has 0 spiro atoms. The molecule has 1 aliphatic rings. The van der Waals surface area contributed by atoms with Crippen LogP contribution in [0.4, 0.5) is 4.79 Å². The van der Waals surface area contributed by atoms with Crippen LogP contribution in [0.2, 0.25) is 0 Å². The number of hydrogen-bond donors (Lipinski definition) is 4. The second-order valence-electron chi connectivity index (χ2n) is 11.1. The van der Waals surface area contributed by atoms with Gasteiger partial charge in [-0.2, -0.15) is 0 Å². The van der Waals surface area contributed by atoms with Gasteiger partial charge in [0.1, 0.15) is 17.9 Å². The molecular weight excluding hydrogens is 562 g/mol. The average Bonchev–Trinajstić information content (AvgIpc) is 2.89. The minimum absolute atomic E-state index is 0.0413. The third-order valence-corrected chi connectivity index (χ3v) is 6.42. The smallest absolute Gasteiger partial charge is 0.404 e. The van der Waals surface area contributed by atoms with Crippen LogP contribution in [0.5, 0.6) is 0 Å². The Morgan fingerprint density at radius 2 is 1.88 bits per heavy atom. The van der Waals surface area contributed by atoms with E-state index in [1.165, 1.54) is 19.4 Å². The number of halogens is 1. The first-order valence-corrected chi connectivity index (χ1v) is 14.2. The second kappa shape index (κ2) is 18.3. The highest BCUT2D eigenvalue weighted by Crippen LogP contribution is 2.25. The lowest BCUT2D eigenvalue weighted by Crippen LogP contribution is -2.52. The van der Waals surface area contributed by atoms with Gasteiger partial charge in [0.15, 0.2) is 0 Å². The molecule has 1 unspecified atom stereocenters. The Kier molecular flexibility index (Phi) is 15.9. The topological polar surface area (TPSA) is 149 Å². The fraction of sp³-hybridized carbons (Fsp3) is 0.516. The van der Waals surface area contributed by atoms with Gasteiger partial charge >= 0.3 is 6.09 Å². The van der Waals surface area contributed by atoms with E-state index in [1.54, 1.807) is 31.2 Å². The van der Waals surface area contributed by atoms with Crippen LogP contribution in [0, 0.1) is 11.3 Å². The summed E-state index contributed by atoms with van der Waals surface area (Å²) < 4.78 is 15.8. The quantitative estimate of drug-likeness (QED) is 0.163. The number of aliphatic hydroxyl groups is 1. The average molecular weight is 608 g/mol. The number of nitrogens with one attached hydrogen (secondary N) is 2. The molecule has 3 amide bonds. The largest absolute Gasteiger partial charge is 0.496 e. The van der Waals surface area contributed by atoms with Crippen molar-refractivity contribution in [3.8, 4) is 0 Å². The number of carbonyl (C=O) groups excluding carboxylic acids is 3. The van der Waals surface area contributed by atoms with Crippen molar-refractivity contribution in [3.63, 3.8) is 0 Å². The van der Waals surface area contributed by atoms with Crippen LogP contribution in [0.3, 0.4) is 0 Å². The highest BCUT2D eigenvalue weighted by atomic mass is 35.5. The van der Waals surface area contributed by atoms with Gasteiger partial charge in [0, 0.05) is 29.9 Å². The summed E-state index contributed by atoms with van der Waals surface area (Å²) in [6.45, 7) is 11.2. The Morgan fingerprint density at radius 1 is 1.21 bits per heavy atom.